The molecule has 1 aliphatic rings. The summed E-state index contributed by atoms with van der Waals surface area (Å²) in [4.78, 5) is 19.7. The average Bonchev–Trinajstić information content (AvgIpc) is 2.90. The van der Waals surface area contributed by atoms with E-state index in [2.05, 4.69) is 28.2 Å². The Balaban J connectivity index is 1.93. The first kappa shape index (κ1) is 12.6. The lowest BCUT2D eigenvalue weighted by atomic mass is 9.89. The van der Waals surface area contributed by atoms with Crippen LogP contribution in [0.3, 0.4) is 0 Å². The van der Waals surface area contributed by atoms with Crippen molar-refractivity contribution in [2.45, 2.75) is 25.7 Å². The summed E-state index contributed by atoms with van der Waals surface area (Å²) in [6.45, 7) is 0. The van der Waals surface area contributed by atoms with Crippen LogP contribution in [0, 0.1) is 0 Å². The fourth-order valence-corrected chi connectivity index (χ4v) is 4.03. The monoisotopic (exact) mass is 297 g/mol. The highest BCUT2D eigenvalue weighted by atomic mass is 32.1. The number of thiophene rings is 1. The van der Waals surface area contributed by atoms with Crippen LogP contribution in [0.1, 0.15) is 24.0 Å². The van der Waals surface area contributed by atoms with Gasteiger partial charge in [0.25, 0.3) is 5.56 Å². The molecule has 4 nitrogen and oxygen atoms in total. The maximum absolute atomic E-state index is 12.2. The maximum Gasteiger partial charge on any atom is 0.261 e. The van der Waals surface area contributed by atoms with Crippen molar-refractivity contribution in [2.24, 2.45) is 0 Å². The van der Waals surface area contributed by atoms with Crippen molar-refractivity contribution in [2.75, 3.05) is 5.73 Å². The average molecular weight is 297 g/mol. The number of benzene rings is 1. The first-order valence-corrected chi connectivity index (χ1v) is 7.99. The molecular weight excluding hydrogens is 282 g/mol. The van der Waals surface area contributed by atoms with Gasteiger partial charge in [-0.05, 0) is 42.4 Å². The molecule has 0 radical (unpaired) electrons. The van der Waals surface area contributed by atoms with Crippen molar-refractivity contribution >= 4 is 27.5 Å². The molecular formula is C16H15N3OS. The molecule has 1 aromatic carbocycles. The van der Waals surface area contributed by atoms with Gasteiger partial charge < -0.3 is 5.73 Å². The molecule has 0 unspecified atom stereocenters. The van der Waals surface area contributed by atoms with Crippen molar-refractivity contribution in [3.05, 3.63) is 45.1 Å². The van der Waals surface area contributed by atoms with Crippen LogP contribution < -0.4 is 11.3 Å². The van der Waals surface area contributed by atoms with Gasteiger partial charge in [-0.2, -0.15) is 0 Å². The highest BCUT2D eigenvalue weighted by Gasteiger charge is 2.15. The Hall–Kier alpha value is -2.14. The number of nitrogens with two attached hydrogens (primary N) is 1. The summed E-state index contributed by atoms with van der Waals surface area (Å²) in [5, 5.41) is 2.64. The van der Waals surface area contributed by atoms with Gasteiger partial charge >= 0.3 is 0 Å². The molecule has 0 spiro atoms. The van der Waals surface area contributed by atoms with E-state index >= 15 is 0 Å². The van der Waals surface area contributed by atoms with Gasteiger partial charge in [0.15, 0.2) is 0 Å². The summed E-state index contributed by atoms with van der Waals surface area (Å²) >= 11 is 1.46. The second kappa shape index (κ2) is 4.70. The molecule has 3 N–H and O–H groups in total. The predicted molar refractivity (Wildman–Crippen MR) is 86.7 cm³/mol. The highest BCUT2D eigenvalue weighted by molar-refractivity contribution is 7.17. The summed E-state index contributed by atoms with van der Waals surface area (Å²) in [6.07, 6.45) is 4.82. The Kier molecular flexibility index (Phi) is 2.82. The van der Waals surface area contributed by atoms with Crippen LogP contribution in [0.15, 0.2) is 28.4 Å². The number of nitrogens with zero attached hydrogens (tertiary/aromatic N) is 1. The van der Waals surface area contributed by atoms with Crippen LogP contribution in [-0.4, -0.2) is 9.97 Å². The third-order valence-corrected chi connectivity index (χ3v) is 4.99. The summed E-state index contributed by atoms with van der Waals surface area (Å²) in [6, 6.07) is 6.54. The van der Waals surface area contributed by atoms with Gasteiger partial charge in [-0.3, -0.25) is 9.78 Å². The van der Waals surface area contributed by atoms with Gasteiger partial charge in [-0.1, -0.05) is 18.2 Å². The van der Waals surface area contributed by atoms with E-state index in [4.69, 9.17) is 5.73 Å². The Morgan fingerprint density at radius 2 is 2.00 bits per heavy atom. The van der Waals surface area contributed by atoms with E-state index in [9.17, 15) is 4.79 Å². The number of hydrogen-bond acceptors (Lipinski definition) is 4. The smallest absolute Gasteiger partial charge is 0.261 e. The third-order valence-electron chi connectivity index (χ3n) is 4.12. The lowest BCUT2D eigenvalue weighted by Gasteiger charge is -2.16. The zero-order chi connectivity index (χ0) is 14.4. The van der Waals surface area contributed by atoms with Gasteiger partial charge in [0.2, 0.25) is 5.95 Å². The van der Waals surface area contributed by atoms with Crippen LogP contribution >= 0.6 is 11.3 Å². The minimum absolute atomic E-state index is 0.161. The third kappa shape index (κ3) is 2.05. The summed E-state index contributed by atoms with van der Waals surface area (Å²) in [7, 11) is 0. The van der Waals surface area contributed by atoms with E-state index < -0.39 is 0 Å². The molecule has 4 rings (SSSR count). The molecule has 0 atom stereocenters. The topological polar surface area (TPSA) is 71.8 Å². The van der Waals surface area contributed by atoms with E-state index in [-0.39, 0.29) is 11.5 Å². The number of fused-ring (bicyclic) bond motifs is 2. The molecule has 2 heterocycles. The minimum Gasteiger partial charge on any atom is -0.369 e. The Morgan fingerprint density at radius 1 is 1.19 bits per heavy atom. The Labute approximate surface area is 125 Å². The summed E-state index contributed by atoms with van der Waals surface area (Å²) in [5.41, 5.74) is 10.4. The van der Waals surface area contributed by atoms with E-state index in [0.717, 1.165) is 17.5 Å². The molecule has 0 saturated carbocycles. The molecule has 1 aliphatic carbocycles. The number of nitrogens with one attached hydrogen (secondary N) is 1. The van der Waals surface area contributed by atoms with Gasteiger partial charge in [0.05, 0.1) is 5.39 Å². The van der Waals surface area contributed by atoms with Gasteiger partial charge in [-0.15, -0.1) is 11.3 Å². The largest absolute Gasteiger partial charge is 0.369 e. The number of aryl methyl sites for hydroxylation is 2. The maximum atomic E-state index is 12.2. The van der Waals surface area contributed by atoms with E-state index in [1.165, 1.54) is 41.7 Å². The molecule has 0 saturated heterocycles. The minimum atomic E-state index is -0.161. The number of aromatic amines is 1. The molecule has 2 aromatic heterocycles. The van der Waals surface area contributed by atoms with Crippen LogP contribution in [0.4, 0.5) is 5.95 Å². The zero-order valence-electron chi connectivity index (χ0n) is 11.5. The predicted octanol–water partition coefficient (Wildman–Crippen LogP) is 3.11. The molecule has 5 heteroatoms. The molecule has 0 bridgehead atoms. The number of nitrogen functional groups attached to an aromatic ring is 1. The van der Waals surface area contributed by atoms with Gasteiger partial charge in [0.1, 0.15) is 4.83 Å². The fourth-order valence-electron chi connectivity index (χ4n) is 3.08. The van der Waals surface area contributed by atoms with Crippen LogP contribution in [0.2, 0.25) is 0 Å². The van der Waals surface area contributed by atoms with E-state index in [1.54, 1.807) is 0 Å². The van der Waals surface area contributed by atoms with Crippen LogP contribution in [0.25, 0.3) is 21.3 Å². The molecule has 0 aliphatic heterocycles. The number of anilines is 1. The van der Waals surface area contributed by atoms with Gasteiger partial charge in [0, 0.05) is 10.9 Å². The van der Waals surface area contributed by atoms with E-state index in [0.29, 0.717) is 10.2 Å². The van der Waals surface area contributed by atoms with Crippen molar-refractivity contribution < 1.29 is 0 Å². The van der Waals surface area contributed by atoms with Crippen LogP contribution in [-0.2, 0) is 12.8 Å². The van der Waals surface area contributed by atoms with Crippen LogP contribution in [0.5, 0.6) is 0 Å². The second-order valence-corrected chi connectivity index (χ2v) is 6.33. The molecule has 21 heavy (non-hydrogen) atoms. The first-order valence-electron chi connectivity index (χ1n) is 7.11. The Morgan fingerprint density at radius 3 is 2.86 bits per heavy atom. The fraction of sp³-hybridized carbons (Fsp3) is 0.250. The quantitative estimate of drug-likeness (QED) is 0.725. The lowest BCUT2D eigenvalue weighted by molar-refractivity contribution is 0.686. The van der Waals surface area contributed by atoms with Crippen molar-refractivity contribution in [3.8, 4) is 11.1 Å². The number of H-pyrrole nitrogens is 1. The number of hydrogen-bond donors (Lipinski definition) is 2. The number of rotatable bonds is 1. The normalized spacial score (nSPS) is 14.3. The van der Waals surface area contributed by atoms with Gasteiger partial charge in [-0.25, -0.2) is 4.98 Å². The molecule has 0 fully saturated rings. The lowest BCUT2D eigenvalue weighted by Crippen LogP contribution is -2.10. The van der Waals surface area contributed by atoms with Crippen molar-refractivity contribution in [1.29, 1.82) is 0 Å². The SMILES string of the molecule is Nc1nc2scc(-c3ccc4c(c3)CCCC4)c2c(=O)[nH]1. The number of aromatic nitrogens is 2. The highest BCUT2D eigenvalue weighted by Crippen LogP contribution is 2.33. The first-order chi connectivity index (χ1) is 10.2. The molecule has 106 valence electrons. The van der Waals surface area contributed by atoms with E-state index in [1.807, 2.05) is 5.38 Å². The zero-order valence-corrected chi connectivity index (χ0v) is 12.3. The summed E-state index contributed by atoms with van der Waals surface area (Å²) in [5.74, 6) is 0.173. The van der Waals surface area contributed by atoms with Crippen molar-refractivity contribution in [1.82, 2.24) is 9.97 Å². The molecule has 0 amide bonds. The molecule has 3 aromatic rings. The Bertz CT molecular complexity index is 894. The second-order valence-electron chi connectivity index (χ2n) is 5.47. The summed E-state index contributed by atoms with van der Waals surface area (Å²) < 4.78 is 0. The standard InChI is InChI=1S/C16H15N3OS/c17-16-18-14(20)13-12(8-21-15(13)19-16)11-6-5-9-3-1-2-4-10(9)7-11/h5-8H,1-4H2,(H3,17,18,19,20). The van der Waals surface area contributed by atoms with Crippen molar-refractivity contribution in [3.63, 3.8) is 0 Å².